The Hall–Kier alpha value is -3.45. The molecule has 1 aromatic heterocycles. The quantitative estimate of drug-likeness (QED) is 0.358. The number of aromatic hydroxyl groups is 1. The lowest BCUT2D eigenvalue weighted by atomic mass is 9.90. The molecule has 1 aliphatic heterocycles. The number of phenolic OH excluding ortho intramolecular Hbond substituents is 1. The van der Waals surface area contributed by atoms with Crippen molar-refractivity contribution in [1.29, 1.82) is 0 Å². The maximum atomic E-state index is 13.3. The zero-order valence-electron chi connectivity index (χ0n) is 14.9. The van der Waals surface area contributed by atoms with Gasteiger partial charge in [0.25, 0.3) is 0 Å². The van der Waals surface area contributed by atoms with E-state index in [0.29, 0.717) is 21.8 Å². The zero-order chi connectivity index (χ0) is 19.8. The largest absolute Gasteiger partial charge is 0.508 e. The van der Waals surface area contributed by atoms with Gasteiger partial charge in [0.1, 0.15) is 16.9 Å². The van der Waals surface area contributed by atoms with Crippen molar-refractivity contribution in [2.45, 2.75) is 13.0 Å². The maximum absolute atomic E-state index is 13.3. The summed E-state index contributed by atoms with van der Waals surface area (Å²) < 4.78 is 5.26. The lowest BCUT2D eigenvalue weighted by Crippen LogP contribution is -2.45. The van der Waals surface area contributed by atoms with Gasteiger partial charge in [-0.25, -0.2) is 4.79 Å². The molecule has 1 unspecified atom stereocenters. The number of Topliss-reactive ketones (excluding diaryl/α,β-unsaturated/α-hetero) is 1. The number of nitrogens with one attached hydrogen (secondary N) is 2. The van der Waals surface area contributed by atoms with Crippen LogP contribution in [0.1, 0.15) is 28.9 Å². The van der Waals surface area contributed by atoms with Crippen LogP contribution in [-0.4, -0.2) is 16.0 Å². The van der Waals surface area contributed by atoms with Crippen LogP contribution in [0.15, 0.2) is 75.1 Å². The number of benzene rings is 2. The van der Waals surface area contributed by atoms with Crippen molar-refractivity contribution < 1.29 is 14.3 Å². The molecule has 4 rings (SSSR count). The van der Waals surface area contributed by atoms with Crippen molar-refractivity contribution in [3.05, 3.63) is 87.4 Å². The normalized spacial score (nSPS) is 16.6. The summed E-state index contributed by atoms with van der Waals surface area (Å²) in [5, 5.41) is 16.6. The molecule has 140 valence electrons. The summed E-state index contributed by atoms with van der Waals surface area (Å²) in [5.41, 5.74) is 1.20. The lowest BCUT2D eigenvalue weighted by Gasteiger charge is -2.30. The SMILES string of the molecule is CC1=C(C(=O)c2cc3ccc(O)cc3oc2=O)C(c2ccccc2)NC(=S)N1. The minimum Gasteiger partial charge on any atom is -0.508 e. The molecule has 0 saturated heterocycles. The van der Waals surface area contributed by atoms with E-state index >= 15 is 0 Å². The van der Waals surface area contributed by atoms with Gasteiger partial charge in [-0.15, -0.1) is 0 Å². The van der Waals surface area contributed by atoms with Crippen LogP contribution >= 0.6 is 12.2 Å². The molecule has 0 amide bonds. The van der Waals surface area contributed by atoms with Crippen LogP contribution in [0.2, 0.25) is 0 Å². The van der Waals surface area contributed by atoms with Crippen LogP contribution in [0.4, 0.5) is 0 Å². The van der Waals surface area contributed by atoms with E-state index in [-0.39, 0.29) is 16.9 Å². The fourth-order valence-corrected chi connectivity index (χ4v) is 3.56. The lowest BCUT2D eigenvalue weighted by molar-refractivity contribution is 0.102. The molecule has 1 atom stereocenters. The van der Waals surface area contributed by atoms with E-state index in [9.17, 15) is 14.7 Å². The minimum absolute atomic E-state index is 0.0217. The molecular weight excluding hydrogens is 376 g/mol. The molecule has 0 bridgehead atoms. The van der Waals surface area contributed by atoms with E-state index in [1.165, 1.54) is 18.2 Å². The van der Waals surface area contributed by atoms with Gasteiger partial charge in [-0.2, -0.15) is 0 Å². The molecule has 3 N–H and O–H groups in total. The second-order valence-corrected chi connectivity index (χ2v) is 6.89. The van der Waals surface area contributed by atoms with Gasteiger partial charge in [0.2, 0.25) is 5.78 Å². The smallest absolute Gasteiger partial charge is 0.347 e. The highest BCUT2D eigenvalue weighted by atomic mass is 32.1. The number of hydrogen-bond acceptors (Lipinski definition) is 5. The van der Waals surface area contributed by atoms with Gasteiger partial charge >= 0.3 is 5.63 Å². The molecule has 1 aliphatic rings. The van der Waals surface area contributed by atoms with Crippen molar-refractivity contribution >= 4 is 34.1 Å². The minimum atomic E-state index is -0.761. The predicted molar refractivity (Wildman–Crippen MR) is 109 cm³/mol. The van der Waals surface area contributed by atoms with Gasteiger partial charge in [0.15, 0.2) is 5.11 Å². The average Bonchev–Trinajstić information content (AvgIpc) is 2.67. The summed E-state index contributed by atoms with van der Waals surface area (Å²) in [4.78, 5) is 25.8. The Morgan fingerprint density at radius 2 is 1.89 bits per heavy atom. The van der Waals surface area contributed by atoms with Crippen molar-refractivity contribution in [2.24, 2.45) is 0 Å². The molecule has 0 fully saturated rings. The average molecular weight is 392 g/mol. The number of thiocarbonyl (C=S) groups is 1. The highest BCUT2D eigenvalue weighted by Crippen LogP contribution is 2.29. The van der Waals surface area contributed by atoms with E-state index in [4.69, 9.17) is 16.6 Å². The Kier molecular flexibility index (Phi) is 4.44. The van der Waals surface area contributed by atoms with Gasteiger partial charge < -0.3 is 20.2 Å². The molecule has 2 aromatic carbocycles. The molecule has 6 nitrogen and oxygen atoms in total. The fraction of sp³-hybridized carbons (Fsp3) is 0.0952. The summed E-state index contributed by atoms with van der Waals surface area (Å²) in [6, 6.07) is 14.8. The fourth-order valence-electron chi connectivity index (χ4n) is 3.29. The standard InChI is InChI=1S/C21H16N2O4S/c1-11-17(18(23-21(28)22-11)12-5-3-2-4-6-12)19(25)15-9-13-7-8-14(24)10-16(13)27-20(15)26/h2-10,18,24H,1H3,(H2,22,23,28). The first-order valence-corrected chi connectivity index (χ1v) is 8.99. The second-order valence-electron chi connectivity index (χ2n) is 6.48. The molecule has 7 heteroatoms. The van der Waals surface area contributed by atoms with Gasteiger partial charge in [-0.05, 0) is 42.9 Å². The molecule has 28 heavy (non-hydrogen) atoms. The van der Waals surface area contributed by atoms with Crippen LogP contribution in [0.25, 0.3) is 11.0 Å². The number of allylic oxidation sites excluding steroid dienone is 1. The van der Waals surface area contributed by atoms with E-state index in [0.717, 1.165) is 5.56 Å². The Bertz CT molecular complexity index is 1200. The van der Waals surface area contributed by atoms with Gasteiger partial charge in [0.05, 0.1) is 6.04 Å². The van der Waals surface area contributed by atoms with Gasteiger partial charge in [-0.3, -0.25) is 4.79 Å². The van der Waals surface area contributed by atoms with Crippen LogP contribution in [-0.2, 0) is 0 Å². The Labute approximate surface area is 165 Å². The summed E-state index contributed by atoms with van der Waals surface area (Å²) in [7, 11) is 0. The van der Waals surface area contributed by atoms with Crippen molar-refractivity contribution in [1.82, 2.24) is 10.6 Å². The first kappa shape index (κ1) is 17.9. The summed E-state index contributed by atoms with van der Waals surface area (Å²) >= 11 is 5.25. The van der Waals surface area contributed by atoms with Gasteiger partial charge in [-0.1, -0.05) is 30.3 Å². The number of carbonyl (C=O) groups excluding carboxylic acids is 1. The maximum Gasteiger partial charge on any atom is 0.347 e. The predicted octanol–water partition coefficient (Wildman–Crippen LogP) is 3.17. The number of phenols is 1. The van der Waals surface area contributed by atoms with E-state index < -0.39 is 17.5 Å². The Morgan fingerprint density at radius 1 is 1.14 bits per heavy atom. The summed E-state index contributed by atoms with van der Waals surface area (Å²) in [5.74, 6) is -0.468. The number of fused-ring (bicyclic) bond motifs is 1. The molecule has 0 spiro atoms. The first-order chi connectivity index (χ1) is 13.4. The number of ketones is 1. The van der Waals surface area contributed by atoms with Crippen molar-refractivity contribution in [3.8, 4) is 5.75 Å². The summed E-state index contributed by atoms with van der Waals surface area (Å²) in [6.45, 7) is 1.75. The second kappa shape index (κ2) is 6.94. The number of rotatable bonds is 3. The molecule has 3 aromatic rings. The third-order valence-electron chi connectivity index (χ3n) is 4.61. The zero-order valence-corrected chi connectivity index (χ0v) is 15.7. The van der Waals surface area contributed by atoms with Crippen molar-refractivity contribution in [3.63, 3.8) is 0 Å². The van der Waals surface area contributed by atoms with Crippen LogP contribution < -0.4 is 16.3 Å². The number of carbonyl (C=O) groups is 1. The van der Waals surface area contributed by atoms with Crippen LogP contribution in [0.3, 0.4) is 0 Å². The van der Waals surface area contributed by atoms with Gasteiger partial charge in [0, 0.05) is 22.7 Å². The van der Waals surface area contributed by atoms with E-state index in [2.05, 4.69) is 10.6 Å². The molecular formula is C21H16N2O4S. The topological polar surface area (TPSA) is 91.6 Å². The van der Waals surface area contributed by atoms with Crippen molar-refractivity contribution in [2.75, 3.05) is 0 Å². The third-order valence-corrected chi connectivity index (χ3v) is 4.83. The van der Waals surface area contributed by atoms with E-state index in [1.807, 2.05) is 30.3 Å². The van der Waals surface area contributed by atoms with Crippen LogP contribution in [0, 0.1) is 0 Å². The molecule has 0 saturated carbocycles. The third kappa shape index (κ3) is 3.16. The molecule has 0 aliphatic carbocycles. The Balaban J connectivity index is 1.85. The first-order valence-electron chi connectivity index (χ1n) is 8.59. The molecule has 2 heterocycles. The highest BCUT2D eigenvalue weighted by Gasteiger charge is 2.32. The van der Waals surface area contributed by atoms with E-state index in [1.54, 1.807) is 13.0 Å². The molecule has 0 radical (unpaired) electrons. The monoisotopic (exact) mass is 392 g/mol. The number of hydrogen-bond donors (Lipinski definition) is 3. The summed E-state index contributed by atoms with van der Waals surface area (Å²) in [6.07, 6.45) is 0. The highest BCUT2D eigenvalue weighted by molar-refractivity contribution is 7.80. The van der Waals surface area contributed by atoms with Crippen LogP contribution in [0.5, 0.6) is 5.75 Å². The Morgan fingerprint density at radius 3 is 2.64 bits per heavy atom.